The summed E-state index contributed by atoms with van der Waals surface area (Å²) in [6.07, 6.45) is 16.6. The van der Waals surface area contributed by atoms with Crippen LogP contribution >= 0.6 is 0 Å². The van der Waals surface area contributed by atoms with Crippen molar-refractivity contribution >= 4 is 0 Å². The van der Waals surface area contributed by atoms with Gasteiger partial charge in [-0.25, -0.2) is 0 Å². The van der Waals surface area contributed by atoms with Gasteiger partial charge in [-0.15, -0.1) is 0 Å². The largest absolute Gasteiger partial charge is 0.393 e. The summed E-state index contributed by atoms with van der Waals surface area (Å²) in [7, 11) is 0. The van der Waals surface area contributed by atoms with E-state index in [0.717, 1.165) is 42.4 Å². The SMILES string of the molecule is CC(C)C1CCC1(C)C1CCC2C3=CC=C4C[C@@H](O)CC[C@]4(C)C3CC[C@@]21C. The first-order valence-corrected chi connectivity index (χ1v) is 12.3. The van der Waals surface area contributed by atoms with Crippen LogP contribution in [0.1, 0.15) is 92.4 Å². The van der Waals surface area contributed by atoms with E-state index in [2.05, 4.69) is 46.8 Å². The van der Waals surface area contributed by atoms with E-state index in [9.17, 15) is 5.11 Å². The summed E-state index contributed by atoms with van der Waals surface area (Å²) in [4.78, 5) is 0. The van der Waals surface area contributed by atoms with Crippen LogP contribution in [0.3, 0.4) is 0 Å². The smallest absolute Gasteiger partial charge is 0.0578 e. The van der Waals surface area contributed by atoms with E-state index < -0.39 is 0 Å². The van der Waals surface area contributed by atoms with Gasteiger partial charge in [0, 0.05) is 0 Å². The maximum atomic E-state index is 10.2. The Balaban J connectivity index is 1.47. The van der Waals surface area contributed by atoms with Crippen LogP contribution in [-0.2, 0) is 0 Å². The van der Waals surface area contributed by atoms with Crippen LogP contribution in [0.15, 0.2) is 23.3 Å². The van der Waals surface area contributed by atoms with Crippen LogP contribution in [0.2, 0.25) is 0 Å². The molecule has 1 nitrogen and oxygen atoms in total. The highest BCUT2D eigenvalue weighted by atomic mass is 16.3. The fourth-order valence-electron chi connectivity index (χ4n) is 9.36. The highest BCUT2D eigenvalue weighted by Crippen LogP contribution is 2.71. The van der Waals surface area contributed by atoms with Crippen molar-refractivity contribution in [2.24, 2.45) is 45.8 Å². The van der Waals surface area contributed by atoms with Crippen molar-refractivity contribution in [1.82, 2.24) is 0 Å². The van der Waals surface area contributed by atoms with Gasteiger partial charge in [-0.05, 0) is 104 Å². The van der Waals surface area contributed by atoms with Gasteiger partial charge in [0.15, 0.2) is 0 Å². The average Bonchev–Trinajstić information content (AvgIpc) is 2.98. The van der Waals surface area contributed by atoms with E-state index in [1.54, 1.807) is 5.57 Å². The molecule has 5 aliphatic rings. The maximum absolute atomic E-state index is 10.2. The van der Waals surface area contributed by atoms with Gasteiger partial charge in [0.2, 0.25) is 0 Å². The highest BCUT2D eigenvalue weighted by Gasteiger charge is 2.62. The first-order chi connectivity index (χ1) is 13.2. The Labute approximate surface area is 173 Å². The summed E-state index contributed by atoms with van der Waals surface area (Å²) >= 11 is 0. The molecule has 0 aromatic carbocycles. The van der Waals surface area contributed by atoms with Crippen LogP contribution < -0.4 is 0 Å². The molecule has 5 unspecified atom stereocenters. The Morgan fingerprint density at radius 3 is 2.29 bits per heavy atom. The Morgan fingerprint density at radius 1 is 0.857 bits per heavy atom. The second-order valence-electron chi connectivity index (χ2n) is 12.3. The molecule has 1 heteroatoms. The lowest BCUT2D eigenvalue weighted by Crippen LogP contribution is -2.53. The van der Waals surface area contributed by atoms with Crippen LogP contribution in [0, 0.1) is 45.8 Å². The minimum absolute atomic E-state index is 0.106. The number of aliphatic hydroxyl groups is 1. The maximum Gasteiger partial charge on any atom is 0.0578 e. The molecule has 0 aromatic rings. The predicted molar refractivity (Wildman–Crippen MR) is 117 cm³/mol. The molecular weight excluding hydrogens is 340 g/mol. The molecule has 5 aliphatic carbocycles. The van der Waals surface area contributed by atoms with Gasteiger partial charge < -0.3 is 5.11 Å². The van der Waals surface area contributed by atoms with Gasteiger partial charge in [-0.1, -0.05) is 57.9 Å². The third-order valence-electron chi connectivity index (χ3n) is 11.0. The molecule has 4 saturated carbocycles. The Bertz CT molecular complexity index is 716. The molecule has 0 saturated heterocycles. The van der Waals surface area contributed by atoms with Gasteiger partial charge in [0.25, 0.3) is 0 Å². The lowest BCUT2D eigenvalue weighted by Gasteiger charge is -2.61. The molecule has 0 heterocycles. The fraction of sp³-hybridized carbons (Fsp3) is 0.852. The summed E-state index contributed by atoms with van der Waals surface area (Å²) in [6.45, 7) is 12.8. The molecule has 0 spiro atoms. The summed E-state index contributed by atoms with van der Waals surface area (Å²) in [5.41, 5.74) is 4.77. The number of allylic oxidation sites excluding steroid dienone is 3. The van der Waals surface area contributed by atoms with Crippen molar-refractivity contribution in [2.75, 3.05) is 0 Å². The molecule has 0 radical (unpaired) electrons. The monoisotopic (exact) mass is 382 g/mol. The first-order valence-electron chi connectivity index (χ1n) is 12.3. The van der Waals surface area contributed by atoms with Crippen LogP contribution in [0.25, 0.3) is 0 Å². The molecule has 156 valence electrons. The zero-order valence-electron chi connectivity index (χ0n) is 18.9. The van der Waals surface area contributed by atoms with E-state index in [1.165, 1.54) is 44.9 Å². The van der Waals surface area contributed by atoms with Crippen molar-refractivity contribution in [1.29, 1.82) is 0 Å². The second kappa shape index (κ2) is 6.22. The van der Waals surface area contributed by atoms with E-state index in [4.69, 9.17) is 0 Å². The average molecular weight is 383 g/mol. The third-order valence-corrected chi connectivity index (χ3v) is 11.0. The quantitative estimate of drug-likeness (QED) is 0.549. The van der Waals surface area contributed by atoms with Crippen LogP contribution in [0.5, 0.6) is 0 Å². The summed E-state index contributed by atoms with van der Waals surface area (Å²) in [5, 5.41) is 10.2. The second-order valence-corrected chi connectivity index (χ2v) is 12.3. The van der Waals surface area contributed by atoms with Crippen molar-refractivity contribution in [3.8, 4) is 0 Å². The molecule has 8 atom stereocenters. The van der Waals surface area contributed by atoms with E-state index in [0.29, 0.717) is 16.2 Å². The van der Waals surface area contributed by atoms with Crippen molar-refractivity contribution in [3.05, 3.63) is 23.3 Å². The molecule has 0 aliphatic heterocycles. The van der Waals surface area contributed by atoms with Gasteiger partial charge in [0.1, 0.15) is 0 Å². The zero-order chi connectivity index (χ0) is 19.9. The first kappa shape index (κ1) is 19.4. The van der Waals surface area contributed by atoms with Crippen molar-refractivity contribution < 1.29 is 5.11 Å². The zero-order valence-corrected chi connectivity index (χ0v) is 18.9. The van der Waals surface area contributed by atoms with Crippen LogP contribution in [0.4, 0.5) is 0 Å². The van der Waals surface area contributed by atoms with E-state index >= 15 is 0 Å². The van der Waals surface area contributed by atoms with Gasteiger partial charge in [-0.3, -0.25) is 0 Å². The predicted octanol–water partition coefficient (Wildman–Crippen LogP) is 6.92. The number of fused-ring (bicyclic) bond motifs is 5. The molecular formula is C27H42O. The number of hydrogen-bond acceptors (Lipinski definition) is 1. The van der Waals surface area contributed by atoms with Crippen molar-refractivity contribution in [3.63, 3.8) is 0 Å². The topological polar surface area (TPSA) is 20.2 Å². The third kappa shape index (κ3) is 2.41. The minimum Gasteiger partial charge on any atom is -0.393 e. The summed E-state index contributed by atoms with van der Waals surface area (Å²) < 4.78 is 0. The molecule has 0 bridgehead atoms. The minimum atomic E-state index is -0.106. The summed E-state index contributed by atoms with van der Waals surface area (Å²) in [5.74, 6) is 4.24. The standard InChI is InChI=1S/C27H42O/c1-17(2)21-11-14-26(21,4)24-9-8-22-20-7-6-18-16-19(28)10-13-25(18,3)23(20)12-15-27(22,24)5/h6-7,17,19,21-24,28H,8-16H2,1-5H3/t19-,21?,22?,23?,24?,25-,26?,27-/m0/s1. The molecule has 4 fully saturated rings. The molecule has 0 amide bonds. The molecule has 0 aromatic heterocycles. The molecule has 5 rings (SSSR count). The Kier molecular flexibility index (Phi) is 4.31. The number of hydrogen-bond donors (Lipinski definition) is 1. The number of rotatable bonds is 2. The molecule has 28 heavy (non-hydrogen) atoms. The van der Waals surface area contributed by atoms with Gasteiger partial charge in [0.05, 0.1) is 6.10 Å². The van der Waals surface area contributed by atoms with E-state index in [-0.39, 0.29) is 6.10 Å². The van der Waals surface area contributed by atoms with E-state index in [1.807, 2.05) is 5.57 Å². The molecule has 1 N–H and O–H groups in total. The van der Waals surface area contributed by atoms with Crippen molar-refractivity contribution in [2.45, 2.75) is 98.5 Å². The van der Waals surface area contributed by atoms with Crippen LogP contribution in [-0.4, -0.2) is 11.2 Å². The number of aliphatic hydroxyl groups excluding tert-OH is 1. The van der Waals surface area contributed by atoms with Gasteiger partial charge in [-0.2, -0.15) is 0 Å². The normalized spacial score (nSPS) is 52.9. The lowest BCUT2D eigenvalue weighted by molar-refractivity contribution is -0.0958. The Morgan fingerprint density at radius 2 is 1.61 bits per heavy atom. The fourth-order valence-corrected chi connectivity index (χ4v) is 9.36. The highest BCUT2D eigenvalue weighted by molar-refractivity contribution is 5.39. The summed E-state index contributed by atoms with van der Waals surface area (Å²) in [6, 6.07) is 0. The van der Waals surface area contributed by atoms with Gasteiger partial charge >= 0.3 is 0 Å². The Hall–Kier alpha value is -0.560. The lowest BCUT2D eigenvalue weighted by atomic mass is 9.44.